The van der Waals surface area contributed by atoms with E-state index in [4.69, 9.17) is 5.11 Å². The fraction of sp³-hybridized carbons (Fsp3) is 1.00. The first-order valence-electron chi connectivity index (χ1n) is 6.63. The second kappa shape index (κ2) is 7.25. The highest BCUT2D eigenvalue weighted by molar-refractivity contribution is 4.86. The van der Waals surface area contributed by atoms with Crippen molar-refractivity contribution in [2.24, 2.45) is 5.41 Å². The molecule has 0 aromatic rings. The summed E-state index contributed by atoms with van der Waals surface area (Å²) in [5.41, 5.74) is 0.186. The quantitative estimate of drug-likeness (QED) is 0.622. The van der Waals surface area contributed by atoms with Crippen LogP contribution >= 0.6 is 0 Å². The van der Waals surface area contributed by atoms with Gasteiger partial charge >= 0.3 is 0 Å². The molecule has 0 aliphatic heterocycles. The van der Waals surface area contributed by atoms with Crippen molar-refractivity contribution in [3.63, 3.8) is 0 Å². The van der Waals surface area contributed by atoms with Crippen LogP contribution in [-0.4, -0.2) is 48.5 Å². The number of rotatable bonds is 8. The van der Waals surface area contributed by atoms with Gasteiger partial charge in [0.25, 0.3) is 0 Å². The lowest BCUT2D eigenvalue weighted by molar-refractivity contribution is 0.0881. The van der Waals surface area contributed by atoms with Crippen LogP contribution in [0, 0.1) is 5.41 Å². The highest BCUT2D eigenvalue weighted by atomic mass is 16.3. The molecule has 0 atom stereocenters. The highest BCUT2D eigenvalue weighted by Crippen LogP contribution is 2.38. The molecule has 0 aromatic carbocycles. The number of hydrogen-bond acceptors (Lipinski definition) is 3. The molecule has 0 spiro atoms. The topological polar surface area (TPSA) is 43.7 Å². The van der Waals surface area contributed by atoms with E-state index in [0.29, 0.717) is 13.2 Å². The van der Waals surface area contributed by atoms with Gasteiger partial charge in [0.05, 0.1) is 0 Å². The third-order valence-corrected chi connectivity index (χ3v) is 3.80. The molecule has 1 aliphatic rings. The second-order valence-corrected chi connectivity index (χ2v) is 5.39. The molecule has 96 valence electrons. The molecule has 0 saturated heterocycles. The number of hydrogen-bond donors (Lipinski definition) is 2. The van der Waals surface area contributed by atoms with Crippen LogP contribution < -0.4 is 0 Å². The molecule has 1 rings (SSSR count). The maximum Gasteiger partial charge on any atom is 0.0499 e. The number of unbranched alkanes of at least 4 members (excludes halogenated alkanes) is 2. The molecule has 16 heavy (non-hydrogen) atoms. The summed E-state index contributed by atoms with van der Waals surface area (Å²) in [6.45, 7) is 2.77. The van der Waals surface area contributed by atoms with Crippen molar-refractivity contribution in [2.45, 2.75) is 44.9 Å². The minimum absolute atomic E-state index is 0.186. The lowest BCUT2D eigenvalue weighted by Crippen LogP contribution is -2.36. The van der Waals surface area contributed by atoms with Gasteiger partial charge in [-0.25, -0.2) is 0 Å². The van der Waals surface area contributed by atoms with Gasteiger partial charge in [0, 0.05) is 25.2 Å². The first-order chi connectivity index (χ1) is 7.72. The van der Waals surface area contributed by atoms with Crippen molar-refractivity contribution in [3.8, 4) is 0 Å². The largest absolute Gasteiger partial charge is 0.396 e. The molecule has 0 aromatic heterocycles. The summed E-state index contributed by atoms with van der Waals surface area (Å²) < 4.78 is 0. The van der Waals surface area contributed by atoms with Gasteiger partial charge in [-0.3, -0.25) is 0 Å². The van der Waals surface area contributed by atoms with Gasteiger partial charge in [0.1, 0.15) is 0 Å². The molecule has 1 saturated carbocycles. The smallest absolute Gasteiger partial charge is 0.0499 e. The molecular formula is C13H27NO2. The van der Waals surface area contributed by atoms with E-state index in [-0.39, 0.29) is 5.41 Å². The zero-order valence-corrected chi connectivity index (χ0v) is 10.6. The Kier molecular flexibility index (Phi) is 6.32. The first-order valence-corrected chi connectivity index (χ1v) is 6.63. The lowest BCUT2D eigenvalue weighted by Gasteiger charge is -2.31. The van der Waals surface area contributed by atoms with E-state index in [1.165, 1.54) is 25.7 Å². The lowest BCUT2D eigenvalue weighted by atomic mass is 9.86. The number of aliphatic hydroxyl groups is 2. The number of aliphatic hydroxyl groups excluding tert-OH is 2. The van der Waals surface area contributed by atoms with Crippen molar-refractivity contribution in [3.05, 3.63) is 0 Å². The summed E-state index contributed by atoms with van der Waals surface area (Å²) in [7, 11) is 2.15. The maximum atomic E-state index is 9.52. The Morgan fingerprint density at radius 1 is 1.06 bits per heavy atom. The minimum atomic E-state index is 0.186. The normalized spacial score (nSPS) is 19.5. The van der Waals surface area contributed by atoms with E-state index in [1.54, 1.807) is 0 Å². The Balaban J connectivity index is 2.18. The zero-order valence-electron chi connectivity index (χ0n) is 10.6. The molecule has 1 aliphatic carbocycles. The zero-order chi connectivity index (χ0) is 11.9. The standard InChI is InChI=1S/C13H27NO2/c1-14(9-5-2-6-10-15)11-13(12-16)7-3-4-8-13/h15-16H,2-12H2,1H3. The first kappa shape index (κ1) is 13.9. The summed E-state index contributed by atoms with van der Waals surface area (Å²) in [4.78, 5) is 2.35. The molecule has 0 amide bonds. The molecule has 0 bridgehead atoms. The third kappa shape index (κ3) is 4.40. The van der Waals surface area contributed by atoms with Crippen LogP contribution in [-0.2, 0) is 0 Å². The summed E-state index contributed by atoms with van der Waals surface area (Å²) in [5, 5.41) is 18.2. The van der Waals surface area contributed by atoms with Gasteiger partial charge in [0.15, 0.2) is 0 Å². The average Bonchev–Trinajstić information content (AvgIpc) is 2.74. The van der Waals surface area contributed by atoms with E-state index in [2.05, 4.69) is 11.9 Å². The summed E-state index contributed by atoms with van der Waals surface area (Å²) in [6.07, 6.45) is 8.09. The van der Waals surface area contributed by atoms with Gasteiger partial charge in [-0.2, -0.15) is 0 Å². The van der Waals surface area contributed by atoms with Gasteiger partial charge in [0.2, 0.25) is 0 Å². The van der Waals surface area contributed by atoms with E-state index in [9.17, 15) is 5.11 Å². The van der Waals surface area contributed by atoms with Gasteiger partial charge in [-0.15, -0.1) is 0 Å². The van der Waals surface area contributed by atoms with E-state index in [1.807, 2.05) is 0 Å². The van der Waals surface area contributed by atoms with Crippen molar-refractivity contribution in [1.29, 1.82) is 0 Å². The Morgan fingerprint density at radius 2 is 1.75 bits per heavy atom. The van der Waals surface area contributed by atoms with Crippen LogP contribution in [0.5, 0.6) is 0 Å². The van der Waals surface area contributed by atoms with Crippen molar-refractivity contribution >= 4 is 0 Å². The van der Waals surface area contributed by atoms with Gasteiger partial charge in [-0.1, -0.05) is 12.8 Å². The molecule has 0 radical (unpaired) electrons. The van der Waals surface area contributed by atoms with Crippen LogP contribution in [0.4, 0.5) is 0 Å². The van der Waals surface area contributed by atoms with Gasteiger partial charge in [-0.05, 0) is 45.7 Å². The highest BCUT2D eigenvalue weighted by Gasteiger charge is 2.33. The molecule has 3 nitrogen and oxygen atoms in total. The van der Waals surface area contributed by atoms with E-state index in [0.717, 1.165) is 32.4 Å². The summed E-state index contributed by atoms with van der Waals surface area (Å²) >= 11 is 0. The summed E-state index contributed by atoms with van der Waals surface area (Å²) in [5.74, 6) is 0. The van der Waals surface area contributed by atoms with Crippen LogP contribution in [0.1, 0.15) is 44.9 Å². The van der Waals surface area contributed by atoms with Crippen LogP contribution in [0.25, 0.3) is 0 Å². The van der Waals surface area contributed by atoms with Gasteiger partial charge < -0.3 is 15.1 Å². The fourth-order valence-corrected chi connectivity index (χ4v) is 2.81. The predicted molar refractivity (Wildman–Crippen MR) is 66.4 cm³/mol. The Morgan fingerprint density at radius 3 is 2.31 bits per heavy atom. The fourth-order valence-electron chi connectivity index (χ4n) is 2.81. The Bertz CT molecular complexity index is 179. The molecule has 0 unspecified atom stereocenters. The van der Waals surface area contributed by atoms with Crippen LogP contribution in [0.2, 0.25) is 0 Å². The van der Waals surface area contributed by atoms with E-state index < -0.39 is 0 Å². The molecule has 3 heteroatoms. The minimum Gasteiger partial charge on any atom is -0.396 e. The monoisotopic (exact) mass is 229 g/mol. The molecule has 2 N–H and O–H groups in total. The number of nitrogens with zero attached hydrogens (tertiary/aromatic N) is 1. The summed E-state index contributed by atoms with van der Waals surface area (Å²) in [6, 6.07) is 0. The predicted octanol–water partition coefficient (Wildman–Crippen LogP) is 1.63. The molecular weight excluding hydrogens is 202 g/mol. The van der Waals surface area contributed by atoms with Crippen LogP contribution in [0.15, 0.2) is 0 Å². The molecule has 1 fully saturated rings. The van der Waals surface area contributed by atoms with Crippen molar-refractivity contribution in [1.82, 2.24) is 4.90 Å². The van der Waals surface area contributed by atoms with Crippen molar-refractivity contribution < 1.29 is 10.2 Å². The van der Waals surface area contributed by atoms with Crippen molar-refractivity contribution in [2.75, 3.05) is 33.4 Å². The van der Waals surface area contributed by atoms with E-state index >= 15 is 0 Å². The SMILES string of the molecule is CN(CCCCCO)CC1(CO)CCCC1. The third-order valence-electron chi connectivity index (χ3n) is 3.80. The maximum absolute atomic E-state index is 9.52. The average molecular weight is 229 g/mol. The van der Waals surface area contributed by atoms with Crippen LogP contribution in [0.3, 0.4) is 0 Å². The second-order valence-electron chi connectivity index (χ2n) is 5.39. The Hall–Kier alpha value is -0.120. The molecule has 0 heterocycles. The Labute approximate surface area is 99.5 Å².